The van der Waals surface area contributed by atoms with Crippen LogP contribution in [0.25, 0.3) is 0 Å². The third-order valence-corrected chi connectivity index (χ3v) is 6.03. The Morgan fingerprint density at radius 1 is 1.30 bits per heavy atom. The molecule has 120 valence electrons. The maximum Gasteiger partial charge on any atom is 0.225 e. The first-order valence-corrected chi connectivity index (χ1v) is 8.80. The topological polar surface area (TPSA) is 58.6 Å². The molecule has 0 saturated carbocycles. The highest BCUT2D eigenvalue weighted by atomic mass is 32.1. The van der Waals surface area contributed by atoms with E-state index in [9.17, 15) is 9.90 Å². The van der Waals surface area contributed by atoms with Crippen molar-refractivity contribution in [3.05, 3.63) is 39.8 Å². The Hall–Kier alpha value is -2.01. The zero-order valence-electron chi connectivity index (χ0n) is 13.0. The normalized spacial score (nSPS) is 19.7. The number of rotatable bonds is 2. The van der Waals surface area contributed by atoms with Gasteiger partial charge < -0.3 is 15.2 Å². The molecule has 1 atom stereocenters. The van der Waals surface area contributed by atoms with Gasteiger partial charge >= 0.3 is 0 Å². The molecule has 5 heteroatoms. The van der Waals surface area contributed by atoms with Crippen LogP contribution >= 0.6 is 11.3 Å². The summed E-state index contributed by atoms with van der Waals surface area (Å²) >= 11 is 1.74. The summed E-state index contributed by atoms with van der Waals surface area (Å²) in [5.41, 5.74) is 3.76. The Kier molecular flexibility index (Phi) is 3.53. The number of phenols is 1. The molecule has 1 amide bonds. The van der Waals surface area contributed by atoms with E-state index in [0.29, 0.717) is 12.2 Å². The van der Waals surface area contributed by atoms with Crippen molar-refractivity contribution in [3.8, 4) is 11.5 Å². The Balaban J connectivity index is 1.84. The molecule has 0 unspecified atom stereocenters. The molecule has 0 bridgehead atoms. The van der Waals surface area contributed by atoms with Crippen molar-refractivity contribution in [2.75, 3.05) is 12.4 Å². The number of hydrogen-bond acceptors (Lipinski definition) is 4. The molecule has 2 heterocycles. The van der Waals surface area contributed by atoms with E-state index in [4.69, 9.17) is 4.74 Å². The van der Waals surface area contributed by atoms with E-state index in [2.05, 4.69) is 5.32 Å². The lowest BCUT2D eigenvalue weighted by molar-refractivity contribution is -0.116. The standard InChI is InChI=1S/C18H19NO3S/c1-22-14-8-10(6-7-13(14)20)12-9-16(21)19-18-17(12)11-4-2-3-5-15(11)23-18/h6-8,12,20H,2-5,9H2,1H3,(H,19,21)/t12-/m1/s1. The van der Waals surface area contributed by atoms with Gasteiger partial charge in [-0.2, -0.15) is 0 Å². The zero-order chi connectivity index (χ0) is 16.0. The summed E-state index contributed by atoms with van der Waals surface area (Å²) in [5.74, 6) is 0.697. The van der Waals surface area contributed by atoms with Crippen LogP contribution in [0.2, 0.25) is 0 Å². The number of thiophene rings is 1. The fourth-order valence-corrected chi connectivity index (χ4v) is 5.08. The first-order chi connectivity index (χ1) is 11.2. The van der Waals surface area contributed by atoms with Crippen molar-refractivity contribution in [3.63, 3.8) is 0 Å². The number of aryl methyl sites for hydroxylation is 1. The van der Waals surface area contributed by atoms with Gasteiger partial charge in [0.05, 0.1) is 12.1 Å². The number of hydrogen-bond donors (Lipinski definition) is 2. The molecule has 0 fully saturated rings. The van der Waals surface area contributed by atoms with Gasteiger partial charge in [0, 0.05) is 17.2 Å². The number of ether oxygens (including phenoxy) is 1. The first kappa shape index (κ1) is 14.6. The second-order valence-corrected chi connectivity index (χ2v) is 7.30. The van der Waals surface area contributed by atoms with Crippen molar-refractivity contribution in [2.45, 2.75) is 38.0 Å². The number of nitrogens with one attached hydrogen (secondary N) is 1. The molecular formula is C18H19NO3S. The number of anilines is 1. The largest absolute Gasteiger partial charge is 0.504 e. The van der Waals surface area contributed by atoms with Crippen LogP contribution in [0.1, 0.15) is 46.7 Å². The molecule has 1 aliphatic heterocycles. The predicted molar refractivity (Wildman–Crippen MR) is 90.7 cm³/mol. The molecular weight excluding hydrogens is 310 g/mol. The van der Waals surface area contributed by atoms with Crippen LogP contribution < -0.4 is 10.1 Å². The minimum absolute atomic E-state index is 0.0475. The maximum atomic E-state index is 12.2. The Bertz CT molecular complexity index is 781. The number of amides is 1. The highest BCUT2D eigenvalue weighted by molar-refractivity contribution is 7.16. The van der Waals surface area contributed by atoms with E-state index in [1.165, 1.54) is 28.8 Å². The highest BCUT2D eigenvalue weighted by Crippen LogP contribution is 2.48. The third-order valence-electron chi connectivity index (χ3n) is 4.81. The van der Waals surface area contributed by atoms with Crippen molar-refractivity contribution < 1.29 is 14.6 Å². The minimum Gasteiger partial charge on any atom is -0.504 e. The SMILES string of the molecule is COc1cc([C@H]2CC(=O)Nc3sc4c(c32)CCCC4)ccc1O. The Labute approximate surface area is 139 Å². The molecule has 1 aliphatic carbocycles. The molecule has 2 N–H and O–H groups in total. The number of methoxy groups -OCH3 is 1. The second-order valence-electron chi connectivity index (χ2n) is 6.19. The van der Waals surface area contributed by atoms with E-state index in [-0.39, 0.29) is 17.6 Å². The summed E-state index contributed by atoms with van der Waals surface area (Å²) in [4.78, 5) is 13.6. The second kappa shape index (κ2) is 5.57. The minimum atomic E-state index is 0.0475. The van der Waals surface area contributed by atoms with Gasteiger partial charge in [-0.05, 0) is 54.5 Å². The van der Waals surface area contributed by atoms with Crippen LogP contribution in [0, 0.1) is 0 Å². The summed E-state index contributed by atoms with van der Waals surface area (Å²) in [6.07, 6.45) is 5.12. The summed E-state index contributed by atoms with van der Waals surface area (Å²) in [6.45, 7) is 0. The third kappa shape index (κ3) is 2.39. The molecule has 1 aromatic carbocycles. The van der Waals surface area contributed by atoms with Gasteiger partial charge in [-0.15, -0.1) is 11.3 Å². The molecule has 2 aliphatic rings. The van der Waals surface area contributed by atoms with Crippen LogP contribution in [0.5, 0.6) is 11.5 Å². The van der Waals surface area contributed by atoms with Gasteiger partial charge in [0.15, 0.2) is 11.5 Å². The van der Waals surface area contributed by atoms with Gasteiger partial charge in [0.2, 0.25) is 5.91 Å². The van der Waals surface area contributed by atoms with Gasteiger partial charge in [-0.1, -0.05) is 6.07 Å². The molecule has 23 heavy (non-hydrogen) atoms. The summed E-state index contributed by atoms with van der Waals surface area (Å²) in [5, 5.41) is 13.9. The number of fused-ring (bicyclic) bond motifs is 3. The molecule has 1 aromatic heterocycles. The van der Waals surface area contributed by atoms with Crippen LogP contribution in [0.4, 0.5) is 5.00 Å². The number of benzene rings is 1. The smallest absolute Gasteiger partial charge is 0.225 e. The van der Waals surface area contributed by atoms with Crippen LogP contribution in [-0.4, -0.2) is 18.1 Å². The van der Waals surface area contributed by atoms with Crippen molar-refractivity contribution in [1.82, 2.24) is 0 Å². The number of carbonyl (C=O) groups is 1. The summed E-state index contributed by atoms with van der Waals surface area (Å²) in [7, 11) is 1.55. The lowest BCUT2D eigenvalue weighted by atomic mass is 9.82. The van der Waals surface area contributed by atoms with Gasteiger partial charge in [0.25, 0.3) is 0 Å². The number of phenolic OH excluding ortho intramolecular Hbond substituents is 1. The quantitative estimate of drug-likeness (QED) is 0.881. The Morgan fingerprint density at radius 3 is 2.96 bits per heavy atom. The van der Waals surface area contributed by atoms with E-state index >= 15 is 0 Å². The Morgan fingerprint density at radius 2 is 2.13 bits per heavy atom. The lowest BCUT2D eigenvalue weighted by Gasteiger charge is -2.26. The average Bonchev–Trinajstić information content (AvgIpc) is 2.92. The van der Waals surface area contributed by atoms with E-state index < -0.39 is 0 Å². The molecule has 4 nitrogen and oxygen atoms in total. The van der Waals surface area contributed by atoms with Crippen molar-refractivity contribution in [1.29, 1.82) is 0 Å². The summed E-state index contributed by atoms with van der Waals surface area (Å²) < 4.78 is 5.24. The first-order valence-electron chi connectivity index (χ1n) is 7.98. The molecule has 4 rings (SSSR count). The number of carbonyl (C=O) groups excluding carboxylic acids is 1. The van der Waals surface area contributed by atoms with E-state index in [0.717, 1.165) is 23.4 Å². The lowest BCUT2D eigenvalue weighted by Crippen LogP contribution is -2.23. The van der Waals surface area contributed by atoms with Crippen molar-refractivity contribution >= 4 is 22.2 Å². The molecule has 0 radical (unpaired) electrons. The van der Waals surface area contributed by atoms with E-state index in [1.54, 1.807) is 24.5 Å². The fourth-order valence-electron chi connectivity index (χ4n) is 3.71. The average molecular weight is 329 g/mol. The highest BCUT2D eigenvalue weighted by Gasteiger charge is 2.33. The van der Waals surface area contributed by atoms with Gasteiger partial charge in [-0.3, -0.25) is 4.79 Å². The molecule has 0 saturated heterocycles. The maximum absolute atomic E-state index is 12.2. The molecule has 0 spiro atoms. The van der Waals surface area contributed by atoms with Crippen LogP contribution in [-0.2, 0) is 17.6 Å². The van der Waals surface area contributed by atoms with Crippen LogP contribution in [0.3, 0.4) is 0 Å². The summed E-state index contributed by atoms with van der Waals surface area (Å²) in [6, 6.07) is 5.41. The van der Waals surface area contributed by atoms with E-state index in [1.807, 2.05) is 12.1 Å². The molecule has 2 aromatic rings. The predicted octanol–water partition coefficient (Wildman–Crippen LogP) is 3.82. The van der Waals surface area contributed by atoms with Gasteiger partial charge in [-0.25, -0.2) is 0 Å². The van der Waals surface area contributed by atoms with Gasteiger partial charge in [0.1, 0.15) is 0 Å². The fraction of sp³-hybridized carbons (Fsp3) is 0.389. The van der Waals surface area contributed by atoms with Crippen LogP contribution in [0.15, 0.2) is 18.2 Å². The van der Waals surface area contributed by atoms with Crippen molar-refractivity contribution in [2.24, 2.45) is 0 Å². The zero-order valence-corrected chi connectivity index (χ0v) is 13.8. The number of aromatic hydroxyl groups is 1. The monoisotopic (exact) mass is 329 g/mol.